The molecule has 1 aliphatic rings. The lowest BCUT2D eigenvalue weighted by Gasteiger charge is -2.35. The molecule has 1 saturated heterocycles. The van der Waals surface area contributed by atoms with E-state index in [1.807, 2.05) is 42.5 Å². The maximum absolute atomic E-state index is 12.7. The number of rotatable bonds is 6. The zero-order chi connectivity index (χ0) is 19.4. The molecule has 7 heteroatoms. The smallest absolute Gasteiger partial charge is 0.263 e. The Morgan fingerprint density at radius 3 is 2.44 bits per heavy atom. The van der Waals surface area contributed by atoms with Gasteiger partial charge in [0.25, 0.3) is 5.91 Å². The highest BCUT2D eigenvalue weighted by Gasteiger charge is 2.26. The Balaban J connectivity index is 1.57. The Morgan fingerprint density at radius 1 is 1.07 bits per heavy atom. The third kappa shape index (κ3) is 5.20. The molecule has 0 saturated carbocycles. The highest BCUT2D eigenvalue weighted by atomic mass is 32.2. The van der Waals surface area contributed by atoms with E-state index in [2.05, 4.69) is 4.90 Å². The molecule has 1 unspecified atom stereocenters. The molecule has 6 nitrogen and oxygen atoms in total. The molecular formula is C20H26N2O4S. The summed E-state index contributed by atoms with van der Waals surface area (Å²) in [7, 11) is -2.96. The second-order valence-electron chi connectivity index (χ2n) is 7.03. The lowest BCUT2D eigenvalue weighted by atomic mass is 10.1. The number of carbonyl (C=O) groups is 1. The van der Waals surface area contributed by atoms with Gasteiger partial charge in [0, 0.05) is 44.4 Å². The van der Waals surface area contributed by atoms with Crippen LogP contribution in [0, 0.1) is 0 Å². The van der Waals surface area contributed by atoms with Gasteiger partial charge in [-0.1, -0.05) is 36.4 Å². The standard InChI is InChI=1S/C20H26N2O4S/c1-16(26-19-9-5-7-17-6-3-4-8-18(17)19)20(23)22-12-10-21(11-13-22)14-15-27(2,24)25/h3-9,16H,10-15H2,1-2H3. The Kier molecular flexibility index (Phi) is 6.01. The Morgan fingerprint density at radius 2 is 1.74 bits per heavy atom. The van der Waals surface area contributed by atoms with E-state index in [-0.39, 0.29) is 11.7 Å². The molecule has 0 aliphatic carbocycles. The molecule has 0 bridgehead atoms. The molecule has 3 rings (SSSR count). The first-order chi connectivity index (χ1) is 12.8. The van der Waals surface area contributed by atoms with Crippen LogP contribution < -0.4 is 4.74 Å². The monoisotopic (exact) mass is 390 g/mol. The summed E-state index contributed by atoms with van der Waals surface area (Å²) < 4.78 is 28.6. The second kappa shape index (κ2) is 8.27. The van der Waals surface area contributed by atoms with Crippen LogP contribution in [0.4, 0.5) is 0 Å². The van der Waals surface area contributed by atoms with Gasteiger partial charge in [-0.15, -0.1) is 0 Å². The van der Waals surface area contributed by atoms with Crippen LogP contribution >= 0.6 is 0 Å². The Labute approximate surface area is 160 Å². The number of carbonyl (C=O) groups excluding carboxylic acids is 1. The number of hydrogen-bond donors (Lipinski definition) is 0. The van der Waals surface area contributed by atoms with Crippen LogP contribution in [0.25, 0.3) is 10.8 Å². The topological polar surface area (TPSA) is 66.9 Å². The molecule has 146 valence electrons. The number of benzene rings is 2. The predicted molar refractivity (Wildman–Crippen MR) is 107 cm³/mol. The normalized spacial score (nSPS) is 17.0. The van der Waals surface area contributed by atoms with Crippen LogP contribution in [0.15, 0.2) is 42.5 Å². The van der Waals surface area contributed by atoms with Gasteiger partial charge in [0.2, 0.25) is 0 Å². The van der Waals surface area contributed by atoms with Gasteiger partial charge < -0.3 is 9.64 Å². The largest absolute Gasteiger partial charge is 0.480 e. The van der Waals surface area contributed by atoms with Gasteiger partial charge in [0.1, 0.15) is 15.6 Å². The summed E-state index contributed by atoms with van der Waals surface area (Å²) in [5, 5.41) is 2.07. The first-order valence-electron chi connectivity index (χ1n) is 9.17. The van der Waals surface area contributed by atoms with Crippen molar-refractivity contribution in [2.24, 2.45) is 0 Å². The molecule has 27 heavy (non-hydrogen) atoms. The van der Waals surface area contributed by atoms with Crippen LogP contribution in [0.3, 0.4) is 0 Å². The number of fused-ring (bicyclic) bond motifs is 1. The average Bonchev–Trinajstić information content (AvgIpc) is 2.66. The van der Waals surface area contributed by atoms with Crippen molar-refractivity contribution in [3.8, 4) is 5.75 Å². The molecule has 2 aromatic carbocycles. The summed E-state index contributed by atoms with van der Waals surface area (Å²) in [6.07, 6.45) is 0.678. The number of hydrogen-bond acceptors (Lipinski definition) is 5. The molecule has 0 N–H and O–H groups in total. The van der Waals surface area contributed by atoms with Crippen LogP contribution in [0.1, 0.15) is 6.92 Å². The third-order valence-electron chi connectivity index (χ3n) is 4.86. The SMILES string of the molecule is CC(Oc1cccc2ccccc12)C(=O)N1CCN(CCS(C)(=O)=O)CC1. The maximum Gasteiger partial charge on any atom is 0.263 e. The van der Waals surface area contributed by atoms with Crippen molar-refractivity contribution in [3.05, 3.63) is 42.5 Å². The summed E-state index contributed by atoms with van der Waals surface area (Å²) in [5.41, 5.74) is 0. The average molecular weight is 391 g/mol. The van der Waals surface area contributed by atoms with Crippen molar-refractivity contribution in [2.75, 3.05) is 44.7 Å². The van der Waals surface area contributed by atoms with Gasteiger partial charge in [0.05, 0.1) is 5.75 Å². The van der Waals surface area contributed by atoms with Crippen molar-refractivity contribution in [1.29, 1.82) is 0 Å². The predicted octanol–water partition coefficient (Wildman–Crippen LogP) is 1.80. The van der Waals surface area contributed by atoms with Crippen molar-refractivity contribution in [3.63, 3.8) is 0 Å². The third-order valence-corrected chi connectivity index (χ3v) is 5.79. The fourth-order valence-corrected chi connectivity index (χ4v) is 3.87. The summed E-state index contributed by atoms with van der Waals surface area (Å²) in [6.45, 7) is 4.84. The van der Waals surface area contributed by atoms with Crippen LogP contribution in [0.2, 0.25) is 0 Å². The van der Waals surface area contributed by atoms with E-state index < -0.39 is 15.9 Å². The second-order valence-corrected chi connectivity index (χ2v) is 9.29. The van der Waals surface area contributed by atoms with Crippen molar-refractivity contribution >= 4 is 26.5 Å². The first kappa shape index (κ1) is 19.6. The van der Waals surface area contributed by atoms with Crippen LogP contribution in [-0.2, 0) is 14.6 Å². The quantitative estimate of drug-likeness (QED) is 0.752. The highest BCUT2D eigenvalue weighted by Crippen LogP contribution is 2.26. The van der Waals surface area contributed by atoms with Gasteiger partial charge in [0.15, 0.2) is 6.10 Å². The minimum absolute atomic E-state index is 0.0364. The van der Waals surface area contributed by atoms with Crippen molar-refractivity contribution < 1.29 is 17.9 Å². The lowest BCUT2D eigenvalue weighted by Crippen LogP contribution is -2.52. The minimum Gasteiger partial charge on any atom is -0.480 e. The summed E-state index contributed by atoms with van der Waals surface area (Å²) >= 11 is 0. The highest BCUT2D eigenvalue weighted by molar-refractivity contribution is 7.90. The first-order valence-corrected chi connectivity index (χ1v) is 11.2. The molecule has 0 radical (unpaired) electrons. The van der Waals surface area contributed by atoms with E-state index in [0.717, 1.165) is 10.8 Å². The fourth-order valence-electron chi connectivity index (χ4n) is 3.28. The van der Waals surface area contributed by atoms with E-state index in [0.29, 0.717) is 38.5 Å². The molecule has 0 aromatic heterocycles. The number of piperazine rings is 1. The summed E-state index contributed by atoms with van der Waals surface area (Å²) in [5.74, 6) is 0.827. The maximum atomic E-state index is 12.7. The zero-order valence-corrected chi connectivity index (χ0v) is 16.6. The summed E-state index contributed by atoms with van der Waals surface area (Å²) in [4.78, 5) is 16.6. The van der Waals surface area contributed by atoms with Crippen molar-refractivity contribution in [2.45, 2.75) is 13.0 Å². The number of sulfone groups is 1. The fraction of sp³-hybridized carbons (Fsp3) is 0.450. The molecule has 1 aliphatic heterocycles. The molecule has 0 spiro atoms. The Hall–Kier alpha value is -2.12. The molecule has 2 aromatic rings. The van der Waals surface area contributed by atoms with E-state index in [9.17, 15) is 13.2 Å². The molecule has 1 fully saturated rings. The minimum atomic E-state index is -2.96. The zero-order valence-electron chi connectivity index (χ0n) is 15.8. The van der Waals surface area contributed by atoms with Gasteiger partial charge in [-0.25, -0.2) is 8.42 Å². The lowest BCUT2D eigenvalue weighted by molar-refractivity contribution is -0.139. The van der Waals surface area contributed by atoms with Crippen LogP contribution in [-0.4, -0.2) is 75.0 Å². The van der Waals surface area contributed by atoms with Crippen molar-refractivity contribution in [1.82, 2.24) is 9.80 Å². The van der Waals surface area contributed by atoms with Gasteiger partial charge in [-0.3, -0.25) is 9.69 Å². The van der Waals surface area contributed by atoms with Gasteiger partial charge in [-0.05, 0) is 18.4 Å². The van der Waals surface area contributed by atoms with Gasteiger partial charge >= 0.3 is 0 Å². The van der Waals surface area contributed by atoms with Gasteiger partial charge in [-0.2, -0.15) is 0 Å². The van der Waals surface area contributed by atoms with E-state index in [4.69, 9.17) is 4.74 Å². The summed E-state index contributed by atoms with van der Waals surface area (Å²) in [6, 6.07) is 13.8. The molecule has 1 atom stereocenters. The number of ether oxygens (including phenoxy) is 1. The molecule has 1 amide bonds. The Bertz CT molecular complexity index is 900. The van der Waals surface area contributed by atoms with E-state index in [1.165, 1.54) is 6.26 Å². The molecule has 1 heterocycles. The molecular weight excluding hydrogens is 364 g/mol. The van der Waals surface area contributed by atoms with Crippen LogP contribution in [0.5, 0.6) is 5.75 Å². The number of nitrogens with zero attached hydrogens (tertiary/aromatic N) is 2. The van der Waals surface area contributed by atoms with E-state index in [1.54, 1.807) is 11.8 Å². The number of amides is 1. The van der Waals surface area contributed by atoms with E-state index >= 15 is 0 Å².